The maximum Gasteiger partial charge on any atom is 0.0700 e. The van der Waals surface area contributed by atoms with Crippen LogP contribution >= 0.6 is 23.2 Å². The van der Waals surface area contributed by atoms with Crippen LogP contribution in [0.5, 0.6) is 0 Å². The zero-order chi connectivity index (χ0) is 22.1. The lowest BCUT2D eigenvalue weighted by atomic mass is 9.90. The number of alkyl halides is 2. The van der Waals surface area contributed by atoms with Crippen LogP contribution in [0.1, 0.15) is 105 Å². The smallest absolute Gasteiger partial charge is 0.0700 e. The minimum atomic E-state index is -0.557. The molecule has 0 heterocycles. The maximum absolute atomic E-state index is 10.2. The molecule has 0 aliphatic carbocycles. The normalized spacial score (nSPS) is 18.2. The Morgan fingerprint density at radius 3 is 1.34 bits per heavy atom. The maximum atomic E-state index is 10.2. The number of ether oxygens (including phenoxy) is 1. The van der Waals surface area contributed by atoms with Crippen molar-refractivity contribution in [3.63, 3.8) is 0 Å². The highest BCUT2D eigenvalue weighted by Gasteiger charge is 2.29. The van der Waals surface area contributed by atoms with Gasteiger partial charge in [-0.1, -0.05) is 79.1 Å². The summed E-state index contributed by atoms with van der Waals surface area (Å²) in [5, 5.41) is 20.4. The molecule has 0 aromatic carbocycles. The molecule has 0 spiro atoms. The second-order valence-corrected chi connectivity index (χ2v) is 9.57. The Morgan fingerprint density at radius 2 is 1.03 bits per heavy atom. The van der Waals surface area contributed by atoms with Crippen LogP contribution in [-0.2, 0) is 4.74 Å². The van der Waals surface area contributed by atoms with Gasteiger partial charge in [0.25, 0.3) is 0 Å². The topological polar surface area (TPSA) is 49.7 Å². The fourth-order valence-corrected chi connectivity index (χ4v) is 4.14. The van der Waals surface area contributed by atoms with Crippen molar-refractivity contribution in [2.24, 2.45) is 11.8 Å². The molecule has 2 N–H and O–H groups in total. The molecule has 0 amide bonds. The SMILES string of the molecule is CCCCCCC(C)C(CC(O)CCl)OC(CC(O)CCl)C(C)CCCCCC. The highest BCUT2D eigenvalue weighted by Crippen LogP contribution is 2.28. The molecule has 0 rings (SSSR count). The van der Waals surface area contributed by atoms with Gasteiger partial charge in [-0.2, -0.15) is 0 Å². The minimum Gasteiger partial charge on any atom is -0.392 e. The predicted molar refractivity (Wildman–Crippen MR) is 127 cm³/mol. The van der Waals surface area contributed by atoms with E-state index in [-0.39, 0.29) is 24.0 Å². The number of unbranched alkanes of at least 4 members (excludes halogenated alkanes) is 6. The first-order chi connectivity index (χ1) is 13.9. The van der Waals surface area contributed by atoms with Crippen LogP contribution in [0.3, 0.4) is 0 Å². The van der Waals surface area contributed by atoms with Crippen molar-refractivity contribution in [1.82, 2.24) is 0 Å². The third-order valence-electron chi connectivity index (χ3n) is 6.01. The first kappa shape index (κ1) is 29.5. The summed E-state index contributed by atoms with van der Waals surface area (Å²) < 4.78 is 6.60. The Morgan fingerprint density at radius 1 is 0.655 bits per heavy atom. The molecule has 29 heavy (non-hydrogen) atoms. The zero-order valence-corrected chi connectivity index (χ0v) is 20.9. The fraction of sp³-hybridized carbons (Fsp3) is 1.00. The average Bonchev–Trinajstić information content (AvgIpc) is 2.72. The summed E-state index contributed by atoms with van der Waals surface area (Å²) in [4.78, 5) is 0. The molecule has 3 nitrogen and oxygen atoms in total. The molecule has 0 aromatic rings. The van der Waals surface area contributed by atoms with Gasteiger partial charge in [-0.05, 0) is 24.7 Å². The van der Waals surface area contributed by atoms with Crippen LogP contribution in [0.2, 0.25) is 0 Å². The van der Waals surface area contributed by atoms with Crippen LogP contribution < -0.4 is 0 Å². The molecular weight excluding hydrogens is 407 g/mol. The van der Waals surface area contributed by atoms with Crippen LogP contribution in [0, 0.1) is 11.8 Å². The van der Waals surface area contributed by atoms with E-state index in [1.807, 2.05) is 0 Å². The molecule has 176 valence electrons. The van der Waals surface area contributed by atoms with E-state index in [9.17, 15) is 10.2 Å². The minimum absolute atomic E-state index is 0.0454. The molecule has 0 aromatic heterocycles. The molecule has 0 fully saturated rings. The number of halogens is 2. The zero-order valence-electron chi connectivity index (χ0n) is 19.4. The van der Waals surface area contributed by atoms with Crippen molar-refractivity contribution in [2.75, 3.05) is 11.8 Å². The van der Waals surface area contributed by atoms with Crippen LogP contribution in [0.25, 0.3) is 0 Å². The number of aliphatic hydroxyl groups excluding tert-OH is 2. The molecule has 0 saturated heterocycles. The summed E-state index contributed by atoms with van der Waals surface area (Å²) in [6.45, 7) is 8.89. The van der Waals surface area contributed by atoms with Gasteiger partial charge in [0.15, 0.2) is 0 Å². The number of rotatable bonds is 20. The standard InChI is InChI=1S/C24H48Cl2O3/c1-5-7-9-11-13-19(3)23(15-21(27)17-25)29-24(16-22(28)18-26)20(4)14-12-10-8-6-2/h19-24,27-28H,5-18H2,1-4H3. The molecule has 0 aliphatic rings. The average molecular weight is 456 g/mol. The van der Waals surface area contributed by atoms with Crippen molar-refractivity contribution < 1.29 is 14.9 Å². The van der Waals surface area contributed by atoms with Gasteiger partial charge in [0, 0.05) is 24.6 Å². The number of hydrogen-bond donors (Lipinski definition) is 2. The summed E-state index contributed by atoms with van der Waals surface area (Å²) >= 11 is 11.8. The van der Waals surface area contributed by atoms with Gasteiger partial charge < -0.3 is 14.9 Å². The Labute approximate surface area is 190 Å². The third-order valence-corrected chi connectivity index (χ3v) is 6.72. The molecule has 0 radical (unpaired) electrons. The molecule has 5 heteroatoms. The predicted octanol–water partition coefficient (Wildman–Crippen LogP) is 6.93. The van der Waals surface area contributed by atoms with Crippen molar-refractivity contribution in [1.29, 1.82) is 0 Å². The summed E-state index contributed by atoms with van der Waals surface area (Å²) in [6, 6.07) is 0. The third kappa shape index (κ3) is 15.0. The van der Waals surface area contributed by atoms with Crippen LogP contribution in [0.15, 0.2) is 0 Å². The summed E-state index contributed by atoms with van der Waals surface area (Å²) in [6.07, 6.45) is 11.9. The van der Waals surface area contributed by atoms with Gasteiger partial charge in [-0.25, -0.2) is 0 Å². The van der Waals surface area contributed by atoms with Crippen LogP contribution in [-0.4, -0.2) is 46.4 Å². The Bertz CT molecular complexity index is 325. The first-order valence-corrected chi connectivity index (χ1v) is 13.1. The lowest BCUT2D eigenvalue weighted by molar-refractivity contribution is -0.0945. The van der Waals surface area contributed by atoms with Crippen molar-refractivity contribution >= 4 is 23.2 Å². The van der Waals surface area contributed by atoms with E-state index in [4.69, 9.17) is 27.9 Å². The molecule has 0 bridgehead atoms. The van der Waals surface area contributed by atoms with Gasteiger partial charge in [0.05, 0.1) is 24.4 Å². The molecule has 6 unspecified atom stereocenters. The van der Waals surface area contributed by atoms with Gasteiger partial charge in [-0.15, -0.1) is 23.2 Å². The lowest BCUT2D eigenvalue weighted by Crippen LogP contribution is -2.37. The summed E-state index contributed by atoms with van der Waals surface area (Å²) in [7, 11) is 0. The first-order valence-electron chi connectivity index (χ1n) is 12.0. The summed E-state index contributed by atoms with van der Waals surface area (Å²) in [5.41, 5.74) is 0. The number of hydrogen-bond acceptors (Lipinski definition) is 3. The van der Waals surface area contributed by atoms with Gasteiger partial charge in [-0.3, -0.25) is 0 Å². The molecule has 0 saturated carbocycles. The monoisotopic (exact) mass is 454 g/mol. The molecule has 0 aliphatic heterocycles. The van der Waals surface area contributed by atoms with Crippen LogP contribution in [0.4, 0.5) is 0 Å². The molecule has 6 atom stereocenters. The van der Waals surface area contributed by atoms with Gasteiger partial charge in [0.2, 0.25) is 0 Å². The van der Waals surface area contributed by atoms with E-state index in [0.717, 1.165) is 12.8 Å². The van der Waals surface area contributed by atoms with E-state index in [1.165, 1.54) is 51.4 Å². The van der Waals surface area contributed by atoms with Crippen molar-refractivity contribution in [2.45, 2.75) is 129 Å². The van der Waals surface area contributed by atoms with Gasteiger partial charge in [0.1, 0.15) is 0 Å². The van der Waals surface area contributed by atoms with E-state index < -0.39 is 12.2 Å². The number of aliphatic hydroxyl groups is 2. The van der Waals surface area contributed by atoms with E-state index >= 15 is 0 Å². The van der Waals surface area contributed by atoms with Gasteiger partial charge >= 0.3 is 0 Å². The molecular formula is C24H48Cl2O3. The second-order valence-electron chi connectivity index (χ2n) is 8.95. The van der Waals surface area contributed by atoms with E-state index in [1.54, 1.807) is 0 Å². The summed E-state index contributed by atoms with van der Waals surface area (Å²) in [5.74, 6) is 1.16. The van der Waals surface area contributed by atoms with Crippen molar-refractivity contribution in [3.05, 3.63) is 0 Å². The Kier molecular flexibility index (Phi) is 19.5. The van der Waals surface area contributed by atoms with Crippen molar-refractivity contribution in [3.8, 4) is 0 Å². The Balaban J connectivity index is 5.01. The highest BCUT2D eigenvalue weighted by molar-refractivity contribution is 6.18. The largest absolute Gasteiger partial charge is 0.392 e. The highest BCUT2D eigenvalue weighted by atomic mass is 35.5. The van der Waals surface area contributed by atoms with E-state index in [0.29, 0.717) is 24.7 Å². The second kappa shape index (κ2) is 19.2. The Hall–Kier alpha value is 0.460. The fourth-order valence-electron chi connectivity index (χ4n) is 3.89. The quantitative estimate of drug-likeness (QED) is 0.155. The van der Waals surface area contributed by atoms with E-state index in [2.05, 4.69) is 27.7 Å². The lowest BCUT2D eigenvalue weighted by Gasteiger charge is -2.34.